The summed E-state index contributed by atoms with van der Waals surface area (Å²) in [6.45, 7) is 2.56. The van der Waals surface area contributed by atoms with E-state index >= 15 is 0 Å². The Kier molecular flexibility index (Phi) is 15.8. The van der Waals surface area contributed by atoms with Crippen LogP contribution < -0.4 is 10.0 Å². The first-order valence-corrected chi connectivity index (χ1v) is 15.8. The van der Waals surface area contributed by atoms with Gasteiger partial charge < -0.3 is 19.8 Å². The number of hydrogen-bond donors (Lipinski definition) is 2. The number of hydrogen-bond acceptors (Lipinski definition) is 9. The number of sulfonamides is 1. The van der Waals surface area contributed by atoms with E-state index in [1.165, 1.54) is 40.6 Å². The number of ether oxygens (including phenoxy) is 1. The predicted molar refractivity (Wildman–Crippen MR) is 148 cm³/mol. The summed E-state index contributed by atoms with van der Waals surface area (Å²) in [4.78, 5) is 30.6. The van der Waals surface area contributed by atoms with Crippen LogP contribution in [0.3, 0.4) is 0 Å². The maximum absolute atomic E-state index is 13.1. The predicted octanol–water partition coefficient (Wildman–Crippen LogP) is 1.90. The molecule has 2 amide bonds. The Morgan fingerprint density at radius 1 is 1.19 bits per heavy atom. The molecule has 10 nitrogen and oxygen atoms in total. The molecule has 36 heavy (non-hydrogen) atoms. The Hall–Kier alpha value is -1.80. The molecule has 1 atom stereocenters. The molecule has 0 saturated heterocycles. The first-order valence-electron chi connectivity index (χ1n) is 11.5. The number of benzene rings is 1. The van der Waals surface area contributed by atoms with Gasteiger partial charge in [-0.15, -0.1) is 0 Å². The largest absolute Gasteiger partial charge is 0.399 e. The third-order valence-electron chi connectivity index (χ3n) is 5.25. The minimum absolute atomic E-state index is 0.0252. The van der Waals surface area contributed by atoms with Gasteiger partial charge in [0.2, 0.25) is 21.8 Å². The molecular weight excluding hydrogens is 524 g/mol. The van der Waals surface area contributed by atoms with E-state index in [-0.39, 0.29) is 38.5 Å². The minimum atomic E-state index is -3.91. The maximum atomic E-state index is 13.1. The van der Waals surface area contributed by atoms with Crippen molar-refractivity contribution in [3.63, 3.8) is 0 Å². The molecule has 13 heteroatoms. The SMILES string of the molecule is CNC(=O)CCOCCNS(=O)(=O)C(CCSSC)C(=O)N(C)CCc1ccc(/C(C)=N/OC)cc1. The number of nitrogens with one attached hydrogen (secondary N) is 2. The number of amides is 2. The Morgan fingerprint density at radius 2 is 1.89 bits per heavy atom. The van der Waals surface area contributed by atoms with Crippen LogP contribution in [0.4, 0.5) is 0 Å². The van der Waals surface area contributed by atoms with E-state index < -0.39 is 21.2 Å². The number of rotatable bonds is 18. The molecule has 0 aliphatic carbocycles. The summed E-state index contributed by atoms with van der Waals surface area (Å²) in [5.41, 5.74) is 2.72. The second-order valence-corrected chi connectivity index (χ2v) is 12.4. The Balaban J connectivity index is 2.71. The van der Waals surface area contributed by atoms with Crippen molar-refractivity contribution in [2.45, 2.75) is 31.4 Å². The van der Waals surface area contributed by atoms with Crippen LogP contribution in [-0.2, 0) is 35.6 Å². The fourth-order valence-corrected chi connectivity index (χ4v) is 6.03. The third-order valence-corrected chi connectivity index (χ3v) is 8.88. The minimum Gasteiger partial charge on any atom is -0.399 e. The highest BCUT2D eigenvalue weighted by Crippen LogP contribution is 2.21. The third kappa shape index (κ3) is 12.0. The van der Waals surface area contributed by atoms with Gasteiger partial charge in [-0.25, -0.2) is 13.1 Å². The molecule has 0 fully saturated rings. The van der Waals surface area contributed by atoms with E-state index in [2.05, 4.69) is 15.2 Å². The van der Waals surface area contributed by atoms with Crippen LogP contribution in [0.25, 0.3) is 0 Å². The fourth-order valence-electron chi connectivity index (χ4n) is 3.15. The Labute approximate surface area is 222 Å². The molecular formula is C23H38N4O6S3. The monoisotopic (exact) mass is 562 g/mol. The summed E-state index contributed by atoms with van der Waals surface area (Å²) < 4.78 is 33.7. The standard InChI is InChI=1S/C23H38N4O6S3/c1-18(26-32-4)20-8-6-19(7-9-20)10-14-27(3)23(29)21(12-17-35-34-5)36(30,31)25-13-16-33-15-11-22(28)24-2/h6-9,21,25H,10-17H2,1-5H3,(H,24,28)/b26-18+. The van der Waals surface area contributed by atoms with Crippen LogP contribution in [0.2, 0.25) is 0 Å². The molecule has 0 aliphatic heterocycles. The molecule has 1 aromatic rings. The van der Waals surface area contributed by atoms with Gasteiger partial charge in [0.1, 0.15) is 7.11 Å². The molecule has 0 saturated carbocycles. The molecule has 0 aromatic heterocycles. The van der Waals surface area contributed by atoms with Gasteiger partial charge in [0, 0.05) is 39.4 Å². The summed E-state index contributed by atoms with van der Waals surface area (Å²) in [6, 6.07) is 7.78. The molecule has 0 aliphatic rings. The molecule has 204 valence electrons. The van der Waals surface area contributed by atoms with Gasteiger partial charge >= 0.3 is 0 Å². The van der Waals surface area contributed by atoms with Gasteiger partial charge in [-0.1, -0.05) is 51.0 Å². The van der Waals surface area contributed by atoms with E-state index in [1.807, 2.05) is 37.4 Å². The number of oxime groups is 1. The van der Waals surface area contributed by atoms with Crippen LogP contribution in [0, 0.1) is 0 Å². The van der Waals surface area contributed by atoms with Crippen LogP contribution in [0.15, 0.2) is 29.4 Å². The molecule has 0 radical (unpaired) electrons. The van der Waals surface area contributed by atoms with Gasteiger partial charge in [-0.2, -0.15) is 0 Å². The van der Waals surface area contributed by atoms with E-state index in [4.69, 9.17) is 9.57 Å². The lowest BCUT2D eigenvalue weighted by molar-refractivity contribution is -0.129. The highest BCUT2D eigenvalue weighted by molar-refractivity contribution is 8.76. The summed E-state index contributed by atoms with van der Waals surface area (Å²) in [5.74, 6) is -0.0651. The van der Waals surface area contributed by atoms with Gasteiger partial charge in [0.05, 0.1) is 18.9 Å². The van der Waals surface area contributed by atoms with Gasteiger partial charge in [-0.3, -0.25) is 9.59 Å². The molecule has 0 heterocycles. The zero-order chi connectivity index (χ0) is 27.0. The first-order chi connectivity index (χ1) is 17.2. The van der Waals surface area contributed by atoms with Gasteiger partial charge in [0.25, 0.3) is 0 Å². The molecule has 0 bridgehead atoms. The van der Waals surface area contributed by atoms with Crippen molar-refractivity contribution >= 4 is 49.1 Å². The van der Waals surface area contributed by atoms with E-state index in [9.17, 15) is 18.0 Å². The number of carbonyl (C=O) groups excluding carboxylic acids is 2. The first kappa shape index (κ1) is 32.2. The topological polar surface area (TPSA) is 126 Å². The fraction of sp³-hybridized carbons (Fsp3) is 0.609. The molecule has 1 rings (SSSR count). The normalized spacial score (nSPS) is 12.8. The summed E-state index contributed by atoms with van der Waals surface area (Å²) >= 11 is 0. The van der Waals surface area contributed by atoms with Crippen molar-refractivity contribution in [3.05, 3.63) is 35.4 Å². The number of carbonyl (C=O) groups is 2. The lowest BCUT2D eigenvalue weighted by atomic mass is 10.1. The Bertz CT molecular complexity index is 942. The number of nitrogens with zero attached hydrogens (tertiary/aromatic N) is 2. The Morgan fingerprint density at radius 3 is 2.50 bits per heavy atom. The molecule has 1 aromatic carbocycles. The van der Waals surface area contributed by atoms with Crippen molar-refractivity contribution in [1.82, 2.24) is 14.9 Å². The second-order valence-electron chi connectivity index (χ2n) is 7.81. The molecule has 0 spiro atoms. The van der Waals surface area contributed by atoms with Crippen LogP contribution in [0.5, 0.6) is 0 Å². The molecule has 2 N–H and O–H groups in total. The van der Waals surface area contributed by atoms with Crippen LogP contribution in [-0.4, -0.2) is 95.6 Å². The van der Waals surface area contributed by atoms with Gasteiger partial charge in [-0.05, 0) is 37.1 Å². The lowest BCUT2D eigenvalue weighted by Crippen LogP contribution is -2.47. The summed E-state index contributed by atoms with van der Waals surface area (Å²) in [7, 11) is 3.79. The average Bonchev–Trinajstić information content (AvgIpc) is 2.86. The van der Waals surface area contributed by atoms with E-state index in [0.29, 0.717) is 18.7 Å². The lowest BCUT2D eigenvalue weighted by Gasteiger charge is -2.24. The van der Waals surface area contributed by atoms with Crippen molar-refractivity contribution in [2.24, 2.45) is 5.16 Å². The maximum Gasteiger partial charge on any atom is 0.242 e. The van der Waals surface area contributed by atoms with Gasteiger partial charge in [0.15, 0.2) is 5.25 Å². The summed E-state index contributed by atoms with van der Waals surface area (Å²) in [5, 5.41) is 5.21. The zero-order valence-corrected chi connectivity index (χ0v) is 24.1. The van der Waals surface area contributed by atoms with Crippen molar-refractivity contribution in [1.29, 1.82) is 0 Å². The van der Waals surface area contributed by atoms with Crippen molar-refractivity contribution in [3.8, 4) is 0 Å². The highest BCUT2D eigenvalue weighted by atomic mass is 33.1. The number of likely N-dealkylation sites (N-methyl/N-ethyl adjacent to an activating group) is 1. The second kappa shape index (κ2) is 17.6. The zero-order valence-electron chi connectivity index (χ0n) is 21.6. The quantitative estimate of drug-likeness (QED) is 0.120. The van der Waals surface area contributed by atoms with Crippen molar-refractivity contribution in [2.75, 3.05) is 59.5 Å². The summed E-state index contributed by atoms with van der Waals surface area (Å²) in [6.07, 6.45) is 2.89. The molecule has 1 unspecified atom stereocenters. The van der Waals surface area contributed by atoms with Crippen molar-refractivity contribution < 1.29 is 27.6 Å². The average molecular weight is 563 g/mol. The smallest absolute Gasteiger partial charge is 0.242 e. The van der Waals surface area contributed by atoms with Crippen LogP contribution in [0.1, 0.15) is 30.9 Å². The highest BCUT2D eigenvalue weighted by Gasteiger charge is 2.34. The van der Waals surface area contributed by atoms with Crippen LogP contribution >= 0.6 is 21.6 Å². The van der Waals surface area contributed by atoms with E-state index in [1.54, 1.807) is 7.05 Å². The van der Waals surface area contributed by atoms with E-state index in [0.717, 1.165) is 16.8 Å².